The third kappa shape index (κ3) is 2.26. The Morgan fingerprint density at radius 1 is 1.44 bits per heavy atom. The molecule has 1 heterocycles. The van der Waals surface area contributed by atoms with Crippen molar-refractivity contribution in [2.24, 2.45) is 5.92 Å². The minimum atomic E-state index is -0.251. The highest BCUT2D eigenvalue weighted by molar-refractivity contribution is 5.77. The second-order valence-corrected chi connectivity index (χ2v) is 4.90. The van der Waals surface area contributed by atoms with E-state index in [2.05, 4.69) is 10.2 Å². The lowest BCUT2D eigenvalue weighted by atomic mass is 9.90. The van der Waals surface area contributed by atoms with Crippen LogP contribution in [0.15, 0.2) is 0 Å². The molecule has 0 saturated heterocycles. The van der Waals surface area contributed by atoms with Gasteiger partial charge in [-0.2, -0.15) is 0 Å². The summed E-state index contributed by atoms with van der Waals surface area (Å²) < 4.78 is 6.98. The van der Waals surface area contributed by atoms with Gasteiger partial charge in [0.15, 0.2) is 0 Å². The quantitative estimate of drug-likeness (QED) is 0.768. The number of carbonyl (C=O) groups excluding carboxylic acids is 1. The van der Waals surface area contributed by atoms with Crippen LogP contribution in [0.3, 0.4) is 0 Å². The Morgan fingerprint density at radius 3 is 2.67 bits per heavy atom. The van der Waals surface area contributed by atoms with E-state index in [1.807, 2.05) is 18.4 Å². The summed E-state index contributed by atoms with van der Waals surface area (Å²) in [6.07, 6.45) is 4.54. The molecular formula is C13H21N3O2. The summed E-state index contributed by atoms with van der Waals surface area (Å²) in [7, 11) is 1.45. The number of rotatable bonds is 4. The lowest BCUT2D eigenvalue weighted by molar-refractivity contribution is -0.144. The molecule has 18 heavy (non-hydrogen) atoms. The zero-order valence-corrected chi connectivity index (χ0v) is 11.3. The molecule has 1 aliphatic carbocycles. The maximum Gasteiger partial charge on any atom is 0.316 e. The van der Waals surface area contributed by atoms with Gasteiger partial charge in [-0.3, -0.25) is 4.79 Å². The summed E-state index contributed by atoms with van der Waals surface area (Å²) in [5.41, 5.74) is 0. The number of esters is 1. The Hall–Kier alpha value is -1.39. The molecule has 1 aliphatic rings. The van der Waals surface area contributed by atoms with Crippen molar-refractivity contribution in [3.8, 4) is 0 Å². The van der Waals surface area contributed by atoms with Gasteiger partial charge in [0.25, 0.3) is 0 Å². The smallest absolute Gasteiger partial charge is 0.316 e. The van der Waals surface area contributed by atoms with E-state index < -0.39 is 0 Å². The average molecular weight is 251 g/mol. The molecule has 0 aromatic carbocycles. The molecule has 0 N–H and O–H groups in total. The molecule has 0 radical (unpaired) electrons. The van der Waals surface area contributed by atoms with Crippen LogP contribution in [0.4, 0.5) is 0 Å². The fraction of sp³-hybridized carbons (Fsp3) is 0.769. The zero-order chi connectivity index (χ0) is 13.1. The molecular weight excluding hydrogens is 230 g/mol. The van der Waals surface area contributed by atoms with Crippen molar-refractivity contribution >= 4 is 5.97 Å². The van der Waals surface area contributed by atoms with E-state index in [9.17, 15) is 4.79 Å². The number of ether oxygens (including phenoxy) is 1. The fourth-order valence-electron chi connectivity index (χ4n) is 2.94. The monoisotopic (exact) mass is 251 g/mol. The molecule has 0 spiro atoms. The summed E-state index contributed by atoms with van der Waals surface area (Å²) in [4.78, 5) is 12.1. The van der Waals surface area contributed by atoms with Gasteiger partial charge in [0, 0.05) is 6.54 Å². The average Bonchev–Trinajstić information content (AvgIpc) is 3.00. The standard InChI is InChI=1S/C13H21N3O2/c1-4-16-9(2)14-15-12(16)11(13(17)18-3)10-7-5-6-8-10/h10-11H,4-8H2,1-3H3. The van der Waals surface area contributed by atoms with Crippen LogP contribution in [0.1, 0.15) is 50.2 Å². The van der Waals surface area contributed by atoms with E-state index in [0.29, 0.717) is 5.92 Å². The van der Waals surface area contributed by atoms with Gasteiger partial charge in [-0.25, -0.2) is 0 Å². The van der Waals surface area contributed by atoms with Crippen LogP contribution in [0.25, 0.3) is 0 Å². The van der Waals surface area contributed by atoms with Crippen molar-refractivity contribution in [3.05, 3.63) is 11.6 Å². The lowest BCUT2D eigenvalue weighted by Gasteiger charge is -2.20. The number of carbonyl (C=O) groups is 1. The second-order valence-electron chi connectivity index (χ2n) is 4.90. The van der Waals surface area contributed by atoms with Gasteiger partial charge in [-0.1, -0.05) is 12.8 Å². The zero-order valence-electron chi connectivity index (χ0n) is 11.3. The van der Waals surface area contributed by atoms with Gasteiger partial charge in [0.05, 0.1) is 7.11 Å². The minimum Gasteiger partial charge on any atom is -0.468 e. The normalized spacial score (nSPS) is 17.9. The number of hydrogen-bond donors (Lipinski definition) is 0. The third-order valence-electron chi connectivity index (χ3n) is 3.89. The van der Waals surface area contributed by atoms with Crippen LogP contribution >= 0.6 is 0 Å². The van der Waals surface area contributed by atoms with Gasteiger partial charge in [-0.15, -0.1) is 10.2 Å². The maximum atomic E-state index is 12.1. The Balaban J connectivity index is 2.35. The number of aromatic nitrogens is 3. The van der Waals surface area contributed by atoms with Crippen molar-refractivity contribution in [3.63, 3.8) is 0 Å². The van der Waals surface area contributed by atoms with Crippen LogP contribution < -0.4 is 0 Å². The van der Waals surface area contributed by atoms with Gasteiger partial charge in [0.2, 0.25) is 0 Å². The molecule has 2 rings (SSSR count). The highest BCUT2D eigenvalue weighted by atomic mass is 16.5. The van der Waals surface area contributed by atoms with Crippen LogP contribution in [0.2, 0.25) is 0 Å². The first-order valence-corrected chi connectivity index (χ1v) is 6.66. The van der Waals surface area contributed by atoms with Crippen molar-refractivity contribution in [2.75, 3.05) is 7.11 Å². The summed E-state index contributed by atoms with van der Waals surface area (Å²) in [6.45, 7) is 4.75. The van der Waals surface area contributed by atoms with Gasteiger partial charge in [-0.05, 0) is 32.6 Å². The molecule has 0 amide bonds. The molecule has 1 fully saturated rings. The third-order valence-corrected chi connectivity index (χ3v) is 3.89. The van der Waals surface area contributed by atoms with Crippen LogP contribution in [-0.2, 0) is 16.1 Å². The summed E-state index contributed by atoms with van der Waals surface area (Å²) in [6, 6.07) is 0. The van der Waals surface area contributed by atoms with Gasteiger partial charge in [0.1, 0.15) is 17.6 Å². The number of methoxy groups -OCH3 is 1. The summed E-state index contributed by atoms with van der Waals surface area (Å²) in [5.74, 6) is 1.56. The molecule has 1 aromatic rings. The summed E-state index contributed by atoms with van der Waals surface area (Å²) >= 11 is 0. The van der Waals surface area contributed by atoms with E-state index in [1.54, 1.807) is 0 Å². The van der Waals surface area contributed by atoms with Crippen LogP contribution in [0.5, 0.6) is 0 Å². The first-order valence-electron chi connectivity index (χ1n) is 6.66. The van der Waals surface area contributed by atoms with Crippen LogP contribution in [0, 0.1) is 12.8 Å². The second kappa shape index (κ2) is 5.50. The Kier molecular flexibility index (Phi) is 3.99. The van der Waals surface area contributed by atoms with E-state index >= 15 is 0 Å². The van der Waals surface area contributed by atoms with Crippen molar-refractivity contribution in [2.45, 2.75) is 52.0 Å². The first kappa shape index (κ1) is 13.1. The minimum absolute atomic E-state index is 0.177. The van der Waals surface area contributed by atoms with E-state index in [0.717, 1.165) is 31.0 Å². The lowest BCUT2D eigenvalue weighted by Crippen LogP contribution is -2.25. The predicted octanol–water partition coefficient (Wildman–Crippen LogP) is 2.05. The molecule has 5 nitrogen and oxygen atoms in total. The first-order chi connectivity index (χ1) is 8.69. The predicted molar refractivity (Wildman–Crippen MR) is 67.1 cm³/mol. The molecule has 1 saturated carbocycles. The van der Waals surface area contributed by atoms with E-state index in [4.69, 9.17) is 4.74 Å². The largest absolute Gasteiger partial charge is 0.468 e. The number of aryl methyl sites for hydroxylation is 1. The Bertz CT molecular complexity index is 422. The van der Waals surface area contributed by atoms with Crippen molar-refractivity contribution in [1.29, 1.82) is 0 Å². The molecule has 0 bridgehead atoms. The maximum absolute atomic E-state index is 12.1. The van der Waals surface area contributed by atoms with Crippen molar-refractivity contribution < 1.29 is 9.53 Å². The highest BCUT2D eigenvalue weighted by Crippen LogP contribution is 2.37. The molecule has 1 aromatic heterocycles. The van der Waals surface area contributed by atoms with E-state index in [1.165, 1.54) is 20.0 Å². The Morgan fingerprint density at radius 2 is 2.11 bits per heavy atom. The number of hydrogen-bond acceptors (Lipinski definition) is 4. The summed E-state index contributed by atoms with van der Waals surface area (Å²) in [5, 5.41) is 8.31. The fourth-order valence-corrected chi connectivity index (χ4v) is 2.94. The SMILES string of the molecule is CCn1c(C)nnc1C(C(=O)OC)C1CCCC1. The molecule has 1 unspecified atom stereocenters. The molecule has 100 valence electrons. The topological polar surface area (TPSA) is 57.0 Å². The number of nitrogens with zero attached hydrogens (tertiary/aromatic N) is 3. The van der Waals surface area contributed by atoms with Gasteiger partial charge < -0.3 is 9.30 Å². The highest BCUT2D eigenvalue weighted by Gasteiger charge is 2.36. The van der Waals surface area contributed by atoms with Crippen molar-refractivity contribution in [1.82, 2.24) is 14.8 Å². The Labute approximate surface area is 108 Å². The molecule has 5 heteroatoms. The molecule has 1 atom stereocenters. The van der Waals surface area contributed by atoms with Gasteiger partial charge >= 0.3 is 5.97 Å². The van der Waals surface area contributed by atoms with Crippen LogP contribution in [-0.4, -0.2) is 27.8 Å². The van der Waals surface area contributed by atoms with E-state index in [-0.39, 0.29) is 11.9 Å². The molecule has 0 aliphatic heterocycles.